The van der Waals surface area contributed by atoms with Crippen molar-refractivity contribution in [2.24, 2.45) is 0 Å². The van der Waals surface area contributed by atoms with E-state index in [1.54, 1.807) is 19.0 Å². The molecule has 0 saturated carbocycles. The molecule has 0 saturated heterocycles. The van der Waals surface area contributed by atoms with Gasteiger partial charge in [-0.3, -0.25) is 9.69 Å². The highest BCUT2D eigenvalue weighted by Gasteiger charge is 2.15. The minimum Gasteiger partial charge on any atom is -0.347 e. The second-order valence-electron chi connectivity index (χ2n) is 2.87. The van der Waals surface area contributed by atoms with Gasteiger partial charge in [-0.05, 0) is 21.0 Å². The lowest BCUT2D eigenvalue weighted by atomic mass is 10.3. The molecular formula is C8H20N2O. The summed E-state index contributed by atoms with van der Waals surface area (Å²) in [5.41, 5.74) is 0. The van der Waals surface area contributed by atoms with Gasteiger partial charge >= 0.3 is 0 Å². The molecule has 1 amide bonds. The molecule has 0 aromatic rings. The zero-order valence-corrected chi connectivity index (χ0v) is 7.38. The van der Waals surface area contributed by atoms with E-state index < -0.39 is 0 Å². The molecular weight excluding hydrogens is 140 g/mol. The van der Waals surface area contributed by atoms with E-state index in [-0.39, 0.29) is 19.4 Å². The summed E-state index contributed by atoms with van der Waals surface area (Å²) < 4.78 is 0. The Labute approximate surface area is 70.0 Å². The Balaban J connectivity index is 0. The largest absolute Gasteiger partial charge is 0.347 e. The number of likely N-dealkylation sites (N-methyl/N-ethyl adjacent to an activating group) is 2. The molecule has 1 unspecified atom stereocenters. The quantitative estimate of drug-likeness (QED) is 0.592. The zero-order valence-electron chi connectivity index (χ0n) is 7.38. The monoisotopic (exact) mass is 160 g/mol. The summed E-state index contributed by atoms with van der Waals surface area (Å²) >= 11 is 0. The van der Waals surface area contributed by atoms with Crippen LogP contribution in [0.4, 0.5) is 0 Å². The van der Waals surface area contributed by atoms with E-state index in [4.69, 9.17) is 0 Å². The van der Waals surface area contributed by atoms with Crippen molar-refractivity contribution in [1.29, 1.82) is 0 Å². The Morgan fingerprint density at radius 2 is 1.55 bits per heavy atom. The Morgan fingerprint density at radius 3 is 1.64 bits per heavy atom. The van der Waals surface area contributed by atoms with E-state index in [0.29, 0.717) is 0 Å². The summed E-state index contributed by atoms with van der Waals surface area (Å²) in [4.78, 5) is 14.7. The van der Waals surface area contributed by atoms with Crippen LogP contribution < -0.4 is 0 Å². The van der Waals surface area contributed by atoms with Crippen LogP contribution in [0, 0.1) is 0 Å². The second kappa shape index (κ2) is 5.13. The molecule has 0 rings (SSSR count). The molecule has 0 bridgehead atoms. The van der Waals surface area contributed by atoms with Crippen molar-refractivity contribution in [3.05, 3.63) is 0 Å². The summed E-state index contributed by atoms with van der Waals surface area (Å²) in [5, 5.41) is 0. The van der Waals surface area contributed by atoms with Gasteiger partial charge in [0.2, 0.25) is 5.91 Å². The SMILES string of the molecule is C.CC(C(=O)N(C)C)N(C)C. The van der Waals surface area contributed by atoms with Crippen LogP contribution in [0.2, 0.25) is 0 Å². The molecule has 0 aliphatic carbocycles. The minimum atomic E-state index is -0.0185. The smallest absolute Gasteiger partial charge is 0.239 e. The van der Waals surface area contributed by atoms with Gasteiger partial charge in [-0.15, -0.1) is 0 Å². The number of carbonyl (C=O) groups is 1. The summed E-state index contributed by atoms with van der Waals surface area (Å²) in [5.74, 6) is 0.144. The number of hydrogen-bond acceptors (Lipinski definition) is 2. The number of hydrogen-bond donors (Lipinski definition) is 0. The van der Waals surface area contributed by atoms with Gasteiger partial charge in [0.15, 0.2) is 0 Å². The van der Waals surface area contributed by atoms with E-state index in [1.165, 1.54) is 0 Å². The van der Waals surface area contributed by atoms with Crippen LogP contribution in [0.5, 0.6) is 0 Å². The van der Waals surface area contributed by atoms with Crippen molar-refractivity contribution in [2.75, 3.05) is 28.2 Å². The third kappa shape index (κ3) is 3.98. The molecule has 1 atom stereocenters. The van der Waals surface area contributed by atoms with E-state index in [1.807, 2.05) is 25.9 Å². The number of rotatable bonds is 2. The molecule has 0 aliphatic heterocycles. The fourth-order valence-electron chi connectivity index (χ4n) is 0.595. The van der Waals surface area contributed by atoms with E-state index in [0.717, 1.165) is 0 Å². The van der Waals surface area contributed by atoms with Crippen molar-refractivity contribution in [2.45, 2.75) is 20.4 Å². The summed E-state index contributed by atoms with van der Waals surface area (Å²) in [6.45, 7) is 1.89. The van der Waals surface area contributed by atoms with Gasteiger partial charge in [-0.2, -0.15) is 0 Å². The van der Waals surface area contributed by atoms with Gasteiger partial charge in [0.25, 0.3) is 0 Å². The lowest BCUT2D eigenvalue weighted by molar-refractivity contribution is -0.132. The predicted molar refractivity (Wildman–Crippen MR) is 48.6 cm³/mol. The maximum absolute atomic E-state index is 11.2. The molecule has 0 N–H and O–H groups in total. The first-order valence-corrected chi connectivity index (χ1v) is 3.34. The topological polar surface area (TPSA) is 23.6 Å². The fraction of sp³-hybridized carbons (Fsp3) is 0.875. The van der Waals surface area contributed by atoms with Crippen molar-refractivity contribution in [3.63, 3.8) is 0 Å². The van der Waals surface area contributed by atoms with Crippen LogP contribution >= 0.6 is 0 Å². The van der Waals surface area contributed by atoms with Crippen LogP contribution in [-0.2, 0) is 4.79 Å². The highest BCUT2D eigenvalue weighted by atomic mass is 16.2. The molecule has 0 heterocycles. The lowest BCUT2D eigenvalue weighted by Gasteiger charge is -2.22. The van der Waals surface area contributed by atoms with Gasteiger partial charge in [-0.1, -0.05) is 7.43 Å². The average molecular weight is 160 g/mol. The number of carbonyl (C=O) groups excluding carboxylic acids is 1. The predicted octanol–water partition coefficient (Wildman–Crippen LogP) is 0.661. The Hall–Kier alpha value is -0.570. The van der Waals surface area contributed by atoms with Gasteiger partial charge in [0.05, 0.1) is 6.04 Å². The van der Waals surface area contributed by atoms with Crippen LogP contribution in [0.3, 0.4) is 0 Å². The van der Waals surface area contributed by atoms with Crippen molar-refractivity contribution >= 4 is 5.91 Å². The fourth-order valence-corrected chi connectivity index (χ4v) is 0.595. The first kappa shape index (κ1) is 13.1. The summed E-state index contributed by atoms with van der Waals surface area (Å²) in [6, 6.07) is -0.0185. The maximum atomic E-state index is 11.2. The van der Waals surface area contributed by atoms with Crippen LogP contribution in [0.1, 0.15) is 14.4 Å². The van der Waals surface area contributed by atoms with Crippen LogP contribution in [-0.4, -0.2) is 49.9 Å². The first-order chi connectivity index (χ1) is 4.46. The average Bonchev–Trinajstić information content (AvgIpc) is 1.84. The third-order valence-electron chi connectivity index (χ3n) is 1.57. The maximum Gasteiger partial charge on any atom is 0.239 e. The molecule has 3 heteroatoms. The van der Waals surface area contributed by atoms with Gasteiger partial charge < -0.3 is 4.90 Å². The lowest BCUT2D eigenvalue weighted by Crippen LogP contribution is -2.40. The van der Waals surface area contributed by atoms with Gasteiger partial charge in [0, 0.05) is 14.1 Å². The Kier molecular flexibility index (Phi) is 6.09. The standard InChI is InChI=1S/C7H16N2O.CH4/c1-6(8(2)3)7(10)9(4)5;/h6H,1-5H3;1H4. The molecule has 0 aliphatic rings. The van der Waals surface area contributed by atoms with Crippen molar-refractivity contribution < 1.29 is 4.79 Å². The van der Waals surface area contributed by atoms with Crippen LogP contribution in [0.15, 0.2) is 0 Å². The van der Waals surface area contributed by atoms with E-state index in [9.17, 15) is 4.79 Å². The van der Waals surface area contributed by atoms with Crippen molar-refractivity contribution in [1.82, 2.24) is 9.80 Å². The second-order valence-corrected chi connectivity index (χ2v) is 2.87. The summed E-state index contributed by atoms with van der Waals surface area (Å²) in [6.07, 6.45) is 0. The molecule has 3 nitrogen and oxygen atoms in total. The Morgan fingerprint density at radius 1 is 1.18 bits per heavy atom. The molecule has 0 fully saturated rings. The highest BCUT2D eigenvalue weighted by Crippen LogP contribution is 1.94. The van der Waals surface area contributed by atoms with Crippen LogP contribution in [0.25, 0.3) is 0 Å². The van der Waals surface area contributed by atoms with Gasteiger partial charge in [-0.25, -0.2) is 0 Å². The number of amides is 1. The summed E-state index contributed by atoms with van der Waals surface area (Å²) in [7, 11) is 7.32. The number of nitrogens with zero attached hydrogens (tertiary/aromatic N) is 2. The van der Waals surface area contributed by atoms with E-state index in [2.05, 4.69) is 0 Å². The molecule has 0 radical (unpaired) electrons. The third-order valence-corrected chi connectivity index (χ3v) is 1.57. The molecule has 0 aromatic carbocycles. The zero-order chi connectivity index (χ0) is 8.31. The van der Waals surface area contributed by atoms with Gasteiger partial charge in [0.1, 0.15) is 0 Å². The Bertz CT molecular complexity index is 121. The highest BCUT2D eigenvalue weighted by molar-refractivity contribution is 5.80. The molecule has 11 heavy (non-hydrogen) atoms. The molecule has 68 valence electrons. The van der Waals surface area contributed by atoms with E-state index >= 15 is 0 Å². The normalized spacial score (nSPS) is 12.2. The minimum absolute atomic E-state index is 0. The van der Waals surface area contributed by atoms with Crippen molar-refractivity contribution in [3.8, 4) is 0 Å². The molecule has 0 spiro atoms. The molecule has 0 aromatic heterocycles. The first-order valence-electron chi connectivity index (χ1n) is 3.34.